The summed E-state index contributed by atoms with van der Waals surface area (Å²) in [7, 11) is 1.63. The number of carbonyl (C=O) groups excluding carboxylic acids is 3. The van der Waals surface area contributed by atoms with Crippen LogP contribution in [-0.2, 0) is 9.59 Å². The third kappa shape index (κ3) is 5.95. The molecule has 26 heavy (non-hydrogen) atoms. The van der Waals surface area contributed by atoms with Gasteiger partial charge in [-0.25, -0.2) is 0 Å². The van der Waals surface area contributed by atoms with Crippen molar-refractivity contribution >= 4 is 17.6 Å². The topological polar surface area (TPSA) is 78.5 Å². The first-order chi connectivity index (χ1) is 12.4. The second-order valence-electron chi connectivity index (χ2n) is 7.03. The first-order valence-corrected chi connectivity index (χ1v) is 9.21. The van der Waals surface area contributed by atoms with Crippen LogP contribution in [0.15, 0.2) is 18.2 Å². The van der Waals surface area contributed by atoms with Gasteiger partial charge in [0.15, 0.2) is 5.78 Å². The predicted molar refractivity (Wildman–Crippen MR) is 101 cm³/mol. The second kappa shape index (κ2) is 9.48. The van der Waals surface area contributed by atoms with E-state index in [4.69, 9.17) is 0 Å². The van der Waals surface area contributed by atoms with E-state index in [1.165, 1.54) is 0 Å². The number of hydrogen-bond acceptors (Lipinski definition) is 4. The summed E-state index contributed by atoms with van der Waals surface area (Å²) >= 11 is 0. The van der Waals surface area contributed by atoms with Gasteiger partial charge in [0.2, 0.25) is 11.8 Å². The molecule has 0 atom stereocenters. The zero-order valence-corrected chi connectivity index (χ0v) is 15.9. The molecule has 1 fully saturated rings. The summed E-state index contributed by atoms with van der Waals surface area (Å²) in [5.41, 5.74) is 2.71. The van der Waals surface area contributed by atoms with Crippen LogP contribution in [-0.4, -0.2) is 55.2 Å². The fourth-order valence-electron chi connectivity index (χ4n) is 3.22. The number of carbonyl (C=O) groups is 3. The number of Topliss-reactive ketones (excluding diaryl/α,β-unsaturated/α-hetero) is 1. The molecule has 142 valence electrons. The zero-order chi connectivity index (χ0) is 19.1. The number of likely N-dealkylation sites (tertiary alicyclic amines) is 1. The van der Waals surface area contributed by atoms with Gasteiger partial charge in [0.25, 0.3) is 0 Å². The maximum absolute atomic E-state index is 12.4. The Balaban J connectivity index is 1.73. The molecule has 2 rings (SSSR count). The molecule has 2 N–H and O–H groups in total. The average molecular weight is 359 g/mol. The number of likely N-dealkylation sites (N-methyl/N-ethyl adjacent to an activating group) is 1. The Bertz CT molecular complexity index is 664. The van der Waals surface area contributed by atoms with E-state index >= 15 is 0 Å². The van der Waals surface area contributed by atoms with Crippen LogP contribution in [0.4, 0.5) is 0 Å². The molecular formula is C20H29N3O3. The van der Waals surface area contributed by atoms with Gasteiger partial charge in [0.1, 0.15) is 0 Å². The van der Waals surface area contributed by atoms with Gasteiger partial charge in [-0.15, -0.1) is 0 Å². The van der Waals surface area contributed by atoms with Crippen LogP contribution in [0.5, 0.6) is 0 Å². The van der Waals surface area contributed by atoms with Gasteiger partial charge in [-0.3, -0.25) is 19.3 Å². The third-order valence-electron chi connectivity index (χ3n) is 4.87. The van der Waals surface area contributed by atoms with Crippen LogP contribution in [0.2, 0.25) is 0 Å². The highest BCUT2D eigenvalue weighted by molar-refractivity contribution is 5.99. The molecule has 0 unspecified atom stereocenters. The lowest BCUT2D eigenvalue weighted by atomic mass is 9.99. The number of ketones is 1. The number of piperidine rings is 1. The van der Waals surface area contributed by atoms with E-state index in [-0.39, 0.29) is 36.5 Å². The minimum absolute atomic E-state index is 0.0115. The van der Waals surface area contributed by atoms with Crippen molar-refractivity contribution in [3.8, 4) is 0 Å². The van der Waals surface area contributed by atoms with E-state index in [1.54, 1.807) is 7.05 Å². The molecule has 1 heterocycles. The van der Waals surface area contributed by atoms with Gasteiger partial charge < -0.3 is 10.6 Å². The third-order valence-corrected chi connectivity index (χ3v) is 4.87. The molecule has 0 bridgehead atoms. The van der Waals surface area contributed by atoms with Gasteiger partial charge in [0.05, 0.1) is 6.54 Å². The van der Waals surface area contributed by atoms with Crippen molar-refractivity contribution in [2.45, 2.75) is 45.6 Å². The van der Waals surface area contributed by atoms with Crippen molar-refractivity contribution in [3.63, 3.8) is 0 Å². The number of nitrogens with one attached hydrogen (secondary N) is 2. The van der Waals surface area contributed by atoms with Gasteiger partial charge >= 0.3 is 0 Å². The van der Waals surface area contributed by atoms with E-state index < -0.39 is 0 Å². The average Bonchev–Trinajstić information content (AvgIpc) is 2.63. The highest BCUT2D eigenvalue weighted by Gasteiger charge is 2.22. The minimum Gasteiger partial charge on any atom is -0.358 e. The Hall–Kier alpha value is -2.21. The van der Waals surface area contributed by atoms with Crippen molar-refractivity contribution in [2.75, 3.05) is 26.7 Å². The lowest BCUT2D eigenvalue weighted by Gasteiger charge is -2.31. The van der Waals surface area contributed by atoms with Crippen LogP contribution in [0.3, 0.4) is 0 Å². The molecule has 0 saturated carbocycles. The Morgan fingerprint density at radius 2 is 1.77 bits per heavy atom. The maximum Gasteiger partial charge on any atom is 0.233 e. The smallest absolute Gasteiger partial charge is 0.233 e. The van der Waals surface area contributed by atoms with Crippen molar-refractivity contribution in [1.29, 1.82) is 0 Å². The number of hydrogen-bond donors (Lipinski definition) is 2. The summed E-state index contributed by atoms with van der Waals surface area (Å²) in [6.45, 7) is 5.86. The molecule has 2 amide bonds. The Kier molecular flexibility index (Phi) is 7.33. The summed E-state index contributed by atoms with van der Waals surface area (Å²) in [6, 6.07) is 5.93. The van der Waals surface area contributed by atoms with Crippen molar-refractivity contribution < 1.29 is 14.4 Å². The Morgan fingerprint density at radius 1 is 1.08 bits per heavy atom. The monoisotopic (exact) mass is 359 g/mol. The molecular weight excluding hydrogens is 330 g/mol. The molecule has 1 saturated heterocycles. The SMILES string of the molecule is CNC(=O)CN1CCC(NC(=O)CCC(=O)c2cc(C)ccc2C)CC1. The highest BCUT2D eigenvalue weighted by atomic mass is 16.2. The van der Waals surface area contributed by atoms with E-state index in [9.17, 15) is 14.4 Å². The van der Waals surface area contributed by atoms with Crippen LogP contribution < -0.4 is 10.6 Å². The summed E-state index contributed by atoms with van der Waals surface area (Å²) in [4.78, 5) is 38.0. The van der Waals surface area contributed by atoms with Gasteiger partial charge in [-0.1, -0.05) is 17.7 Å². The molecule has 1 aliphatic rings. The summed E-state index contributed by atoms with van der Waals surface area (Å²) in [5.74, 6) is -0.0485. The zero-order valence-electron chi connectivity index (χ0n) is 15.9. The normalized spacial score (nSPS) is 15.5. The van der Waals surface area contributed by atoms with Crippen LogP contribution in [0.1, 0.15) is 47.2 Å². The molecule has 0 aliphatic carbocycles. The number of amides is 2. The van der Waals surface area contributed by atoms with E-state index in [0.717, 1.165) is 37.1 Å². The first-order valence-electron chi connectivity index (χ1n) is 9.21. The fraction of sp³-hybridized carbons (Fsp3) is 0.550. The fourth-order valence-corrected chi connectivity index (χ4v) is 3.22. The van der Waals surface area contributed by atoms with Crippen molar-refractivity contribution in [1.82, 2.24) is 15.5 Å². The second-order valence-corrected chi connectivity index (χ2v) is 7.03. The predicted octanol–water partition coefficient (Wildman–Crippen LogP) is 1.59. The summed E-state index contributed by atoms with van der Waals surface area (Å²) in [6.07, 6.45) is 2.09. The van der Waals surface area contributed by atoms with Crippen LogP contribution in [0, 0.1) is 13.8 Å². The minimum atomic E-state index is -0.0755. The molecule has 0 radical (unpaired) electrons. The van der Waals surface area contributed by atoms with Gasteiger partial charge in [0, 0.05) is 44.6 Å². The summed E-state index contributed by atoms with van der Waals surface area (Å²) < 4.78 is 0. The molecule has 0 aromatic heterocycles. The number of benzene rings is 1. The van der Waals surface area contributed by atoms with Crippen molar-refractivity contribution in [3.05, 3.63) is 34.9 Å². The lowest BCUT2D eigenvalue weighted by molar-refractivity contribution is -0.124. The van der Waals surface area contributed by atoms with E-state index in [2.05, 4.69) is 15.5 Å². The molecule has 1 aromatic rings. The molecule has 0 spiro atoms. The Morgan fingerprint density at radius 3 is 2.42 bits per heavy atom. The van der Waals surface area contributed by atoms with Gasteiger partial charge in [-0.2, -0.15) is 0 Å². The number of rotatable bonds is 7. The highest BCUT2D eigenvalue weighted by Crippen LogP contribution is 2.14. The van der Waals surface area contributed by atoms with Crippen LogP contribution >= 0.6 is 0 Å². The quantitative estimate of drug-likeness (QED) is 0.725. The standard InChI is InChI=1S/C20H29N3O3/c1-14-4-5-15(2)17(12-14)18(24)6-7-19(25)22-16-8-10-23(11-9-16)13-20(26)21-3/h4-5,12,16H,6-11,13H2,1-3H3,(H,21,26)(H,22,25). The number of aryl methyl sites for hydroxylation is 2. The molecule has 6 nitrogen and oxygen atoms in total. The van der Waals surface area contributed by atoms with Crippen molar-refractivity contribution in [2.24, 2.45) is 0 Å². The first kappa shape index (κ1) is 20.1. The molecule has 6 heteroatoms. The van der Waals surface area contributed by atoms with Gasteiger partial charge in [-0.05, 0) is 38.3 Å². The molecule has 1 aromatic carbocycles. The summed E-state index contributed by atoms with van der Waals surface area (Å²) in [5, 5.41) is 5.64. The largest absolute Gasteiger partial charge is 0.358 e. The Labute approximate surface area is 155 Å². The van der Waals surface area contributed by atoms with E-state index in [0.29, 0.717) is 12.1 Å². The number of nitrogens with zero attached hydrogens (tertiary/aromatic N) is 1. The maximum atomic E-state index is 12.4. The lowest BCUT2D eigenvalue weighted by Crippen LogP contribution is -2.47. The van der Waals surface area contributed by atoms with Crippen LogP contribution in [0.25, 0.3) is 0 Å². The molecule has 1 aliphatic heterocycles. The van der Waals surface area contributed by atoms with E-state index in [1.807, 2.05) is 32.0 Å².